The molecule has 1 aliphatic rings. The molecule has 1 fully saturated rings. The topological polar surface area (TPSA) is 49.7 Å². The Kier molecular flexibility index (Phi) is 2.49. The highest BCUT2D eigenvalue weighted by atomic mass is 28.4. The van der Waals surface area contributed by atoms with Crippen LogP contribution in [0.3, 0.4) is 0 Å². The van der Waals surface area contributed by atoms with Crippen molar-refractivity contribution in [3.05, 3.63) is 12.2 Å². The summed E-state index contributed by atoms with van der Waals surface area (Å²) in [5.74, 6) is 0. The first-order chi connectivity index (χ1) is 5.01. The van der Waals surface area contributed by atoms with E-state index in [4.69, 9.17) is 4.43 Å². The molecule has 0 spiro atoms. The van der Waals surface area contributed by atoms with E-state index in [-0.39, 0.29) is 6.10 Å². The van der Waals surface area contributed by atoms with Crippen LogP contribution in [0.4, 0.5) is 0 Å². The van der Waals surface area contributed by atoms with Crippen molar-refractivity contribution in [1.82, 2.24) is 0 Å². The Morgan fingerprint density at radius 1 is 1.64 bits per heavy atom. The van der Waals surface area contributed by atoms with Crippen LogP contribution in [0.5, 0.6) is 0 Å². The first kappa shape index (κ1) is 8.93. The Morgan fingerprint density at radius 2 is 2.27 bits per heavy atom. The average molecular weight is 174 g/mol. The van der Waals surface area contributed by atoms with Crippen LogP contribution in [0.2, 0.25) is 6.04 Å². The minimum absolute atomic E-state index is 0.134. The summed E-state index contributed by atoms with van der Waals surface area (Å²) in [7, 11) is -3.28. The van der Waals surface area contributed by atoms with Crippen molar-refractivity contribution in [2.45, 2.75) is 31.9 Å². The molecule has 0 bridgehead atoms. The lowest BCUT2D eigenvalue weighted by atomic mass is 10.1. The lowest BCUT2D eigenvalue weighted by Crippen LogP contribution is -2.45. The molecule has 0 saturated carbocycles. The maximum Gasteiger partial charge on any atom is 0.495 e. The molecule has 0 aromatic rings. The molecule has 1 saturated heterocycles. The highest BCUT2D eigenvalue weighted by Crippen LogP contribution is 2.25. The second-order valence-corrected chi connectivity index (χ2v) is 5.31. The Balaban J connectivity index is 2.53. The predicted molar refractivity (Wildman–Crippen MR) is 43.9 cm³/mol. The van der Waals surface area contributed by atoms with E-state index < -0.39 is 8.80 Å². The fourth-order valence-electron chi connectivity index (χ4n) is 1.21. The maximum absolute atomic E-state index is 9.22. The van der Waals surface area contributed by atoms with E-state index in [1.165, 1.54) is 0 Å². The molecule has 0 aliphatic carbocycles. The van der Waals surface area contributed by atoms with Gasteiger partial charge < -0.3 is 14.0 Å². The van der Waals surface area contributed by atoms with Gasteiger partial charge in [0.05, 0.1) is 6.10 Å². The Hall–Kier alpha value is -0.163. The normalized spacial score (nSPS) is 29.9. The van der Waals surface area contributed by atoms with Gasteiger partial charge in [0.2, 0.25) is 0 Å². The minimum atomic E-state index is -3.28. The van der Waals surface area contributed by atoms with Crippen LogP contribution in [-0.4, -0.2) is 24.5 Å². The molecular weight excluding hydrogens is 160 g/mol. The second-order valence-electron chi connectivity index (χ2n) is 3.09. The van der Waals surface area contributed by atoms with E-state index in [0.717, 1.165) is 18.4 Å². The molecule has 1 heterocycles. The SMILES string of the molecule is C=C(C)C1CCC[Si](O)(O)O1. The molecule has 1 aliphatic heterocycles. The van der Waals surface area contributed by atoms with Crippen LogP contribution in [-0.2, 0) is 4.43 Å². The largest absolute Gasteiger partial charge is 0.495 e. The maximum atomic E-state index is 9.22. The molecule has 1 atom stereocenters. The van der Waals surface area contributed by atoms with Crippen LogP contribution in [0.1, 0.15) is 19.8 Å². The van der Waals surface area contributed by atoms with Crippen molar-refractivity contribution in [2.24, 2.45) is 0 Å². The van der Waals surface area contributed by atoms with Gasteiger partial charge in [-0.25, -0.2) is 0 Å². The molecule has 4 heteroatoms. The zero-order chi connectivity index (χ0) is 8.48. The molecule has 0 radical (unpaired) electrons. The van der Waals surface area contributed by atoms with Gasteiger partial charge in [-0.2, -0.15) is 0 Å². The van der Waals surface area contributed by atoms with Crippen LogP contribution in [0, 0.1) is 0 Å². The molecule has 1 rings (SSSR count). The first-order valence-corrected chi connectivity index (χ1v) is 5.80. The molecule has 2 N–H and O–H groups in total. The summed E-state index contributed by atoms with van der Waals surface area (Å²) in [5.41, 5.74) is 0.879. The van der Waals surface area contributed by atoms with Gasteiger partial charge in [0.1, 0.15) is 0 Å². The van der Waals surface area contributed by atoms with Crippen molar-refractivity contribution < 1.29 is 14.0 Å². The number of hydrogen-bond acceptors (Lipinski definition) is 3. The van der Waals surface area contributed by atoms with Crippen LogP contribution in [0.25, 0.3) is 0 Å². The van der Waals surface area contributed by atoms with Gasteiger partial charge in [-0.1, -0.05) is 12.2 Å². The van der Waals surface area contributed by atoms with Crippen molar-refractivity contribution in [1.29, 1.82) is 0 Å². The summed E-state index contributed by atoms with van der Waals surface area (Å²) >= 11 is 0. The van der Waals surface area contributed by atoms with E-state index in [9.17, 15) is 9.59 Å². The Morgan fingerprint density at radius 3 is 2.64 bits per heavy atom. The highest BCUT2D eigenvalue weighted by molar-refractivity contribution is 6.57. The summed E-state index contributed by atoms with van der Waals surface area (Å²) < 4.78 is 5.09. The van der Waals surface area contributed by atoms with Gasteiger partial charge in [-0.15, -0.1) is 0 Å². The molecule has 0 aromatic heterocycles. The van der Waals surface area contributed by atoms with Gasteiger partial charge in [0.15, 0.2) is 0 Å². The van der Waals surface area contributed by atoms with Gasteiger partial charge in [-0.05, 0) is 19.8 Å². The fourth-order valence-corrected chi connectivity index (χ4v) is 2.77. The third-order valence-corrected chi connectivity index (χ3v) is 3.52. The predicted octanol–water partition coefficient (Wildman–Crippen LogP) is 0.665. The zero-order valence-corrected chi connectivity index (χ0v) is 7.71. The van der Waals surface area contributed by atoms with E-state index in [0.29, 0.717) is 6.04 Å². The monoisotopic (exact) mass is 174 g/mol. The molecule has 1 unspecified atom stereocenters. The van der Waals surface area contributed by atoms with Crippen LogP contribution >= 0.6 is 0 Å². The third kappa shape index (κ3) is 2.41. The highest BCUT2D eigenvalue weighted by Gasteiger charge is 2.38. The lowest BCUT2D eigenvalue weighted by Gasteiger charge is -2.30. The summed E-state index contributed by atoms with van der Waals surface area (Å²) in [5, 5.41) is 0. The molecule has 64 valence electrons. The summed E-state index contributed by atoms with van der Waals surface area (Å²) in [6.45, 7) is 5.57. The molecule has 11 heavy (non-hydrogen) atoms. The average Bonchev–Trinajstić information content (AvgIpc) is 1.85. The van der Waals surface area contributed by atoms with E-state index in [2.05, 4.69) is 6.58 Å². The summed E-state index contributed by atoms with van der Waals surface area (Å²) in [6.07, 6.45) is 1.56. The summed E-state index contributed by atoms with van der Waals surface area (Å²) in [4.78, 5) is 18.4. The van der Waals surface area contributed by atoms with Crippen molar-refractivity contribution in [2.75, 3.05) is 0 Å². The standard InChI is InChI=1S/C7H14O3Si/c1-6(2)7-4-3-5-11(8,9)10-7/h7-9H,1,3-5H2,2H3. The van der Waals surface area contributed by atoms with Gasteiger partial charge in [0.25, 0.3) is 0 Å². The van der Waals surface area contributed by atoms with E-state index in [1.807, 2.05) is 6.92 Å². The first-order valence-electron chi connectivity index (χ1n) is 3.79. The Labute approximate surface area is 67.7 Å². The van der Waals surface area contributed by atoms with Crippen LogP contribution in [0.15, 0.2) is 12.2 Å². The smallest absolute Gasteiger partial charge is 0.390 e. The molecule has 0 aromatic carbocycles. The quantitative estimate of drug-likeness (QED) is 0.453. The zero-order valence-electron chi connectivity index (χ0n) is 6.71. The number of hydrogen-bond donors (Lipinski definition) is 2. The second kappa shape index (κ2) is 3.06. The Bertz CT molecular complexity index is 167. The van der Waals surface area contributed by atoms with Crippen molar-refractivity contribution in [3.63, 3.8) is 0 Å². The molecule has 3 nitrogen and oxygen atoms in total. The fraction of sp³-hybridized carbons (Fsp3) is 0.714. The molecular formula is C7H14O3Si. The minimum Gasteiger partial charge on any atom is -0.390 e. The lowest BCUT2D eigenvalue weighted by molar-refractivity contribution is 0.0823. The van der Waals surface area contributed by atoms with Crippen molar-refractivity contribution >= 4 is 8.80 Å². The summed E-state index contributed by atoms with van der Waals surface area (Å²) in [6, 6.07) is 0.427. The number of rotatable bonds is 1. The molecule has 0 amide bonds. The van der Waals surface area contributed by atoms with Gasteiger partial charge >= 0.3 is 8.80 Å². The third-order valence-electron chi connectivity index (χ3n) is 1.85. The van der Waals surface area contributed by atoms with E-state index in [1.54, 1.807) is 0 Å². The van der Waals surface area contributed by atoms with E-state index >= 15 is 0 Å². The van der Waals surface area contributed by atoms with Crippen LogP contribution < -0.4 is 0 Å². The van der Waals surface area contributed by atoms with Gasteiger partial charge in [-0.3, -0.25) is 0 Å². The van der Waals surface area contributed by atoms with Gasteiger partial charge in [0, 0.05) is 6.04 Å². The van der Waals surface area contributed by atoms with Crippen molar-refractivity contribution in [3.8, 4) is 0 Å².